The van der Waals surface area contributed by atoms with Gasteiger partial charge in [-0.05, 0) is 55.0 Å². The Morgan fingerprint density at radius 3 is 2.30 bits per heavy atom. The van der Waals surface area contributed by atoms with E-state index in [1.165, 1.54) is 42.5 Å². The Balaban J connectivity index is 1.83. The number of methoxy groups -OCH3 is 1. The van der Waals surface area contributed by atoms with Crippen molar-refractivity contribution in [3.63, 3.8) is 0 Å². The van der Waals surface area contributed by atoms with Gasteiger partial charge in [0.15, 0.2) is 0 Å². The zero-order valence-corrected chi connectivity index (χ0v) is 19.7. The summed E-state index contributed by atoms with van der Waals surface area (Å²) in [6.45, 7) is 0.996. The quantitative estimate of drug-likeness (QED) is 0.477. The normalized spacial score (nSPS) is 12.4. The highest BCUT2D eigenvalue weighted by Crippen LogP contribution is 2.22. The lowest BCUT2D eigenvalue weighted by Gasteiger charge is -2.23. The molecule has 0 saturated heterocycles. The SMILES string of the molecule is COc1ccc([C@@H](C)NC(=O)CN(Cc2ccccc2F)S(=O)(=O)c2ccc(Cl)cc2)cc1. The molecular weight excluding hydrogens is 467 g/mol. The zero-order valence-electron chi connectivity index (χ0n) is 18.2. The number of hydrogen-bond acceptors (Lipinski definition) is 4. The number of hydrogen-bond donors (Lipinski definition) is 1. The van der Waals surface area contributed by atoms with E-state index in [1.54, 1.807) is 32.2 Å². The predicted octanol–water partition coefficient (Wildman–Crippen LogP) is 4.56. The van der Waals surface area contributed by atoms with Gasteiger partial charge in [0.05, 0.1) is 24.6 Å². The standard InChI is InChI=1S/C24H24ClFN2O4S/c1-17(18-7-11-21(32-2)12-8-18)27-24(29)16-28(15-19-5-3-4-6-23(19)26)33(30,31)22-13-9-20(25)10-14-22/h3-14,17H,15-16H2,1-2H3,(H,27,29)/t17-/m1/s1. The number of nitrogens with one attached hydrogen (secondary N) is 1. The number of carbonyl (C=O) groups excluding carboxylic acids is 1. The van der Waals surface area contributed by atoms with Crippen LogP contribution in [0.15, 0.2) is 77.7 Å². The van der Waals surface area contributed by atoms with Crippen LogP contribution in [0.3, 0.4) is 0 Å². The first-order chi connectivity index (χ1) is 15.7. The van der Waals surface area contributed by atoms with Crippen LogP contribution in [0, 0.1) is 5.82 Å². The first-order valence-corrected chi connectivity index (χ1v) is 11.9. The van der Waals surface area contributed by atoms with Gasteiger partial charge >= 0.3 is 0 Å². The maximum absolute atomic E-state index is 14.3. The van der Waals surface area contributed by atoms with Gasteiger partial charge in [-0.15, -0.1) is 0 Å². The molecule has 3 aromatic carbocycles. The first kappa shape index (κ1) is 24.7. The van der Waals surface area contributed by atoms with Crippen LogP contribution in [0.5, 0.6) is 5.75 Å². The van der Waals surface area contributed by atoms with Gasteiger partial charge < -0.3 is 10.1 Å². The molecule has 1 amide bonds. The molecule has 3 aromatic rings. The maximum Gasteiger partial charge on any atom is 0.243 e. The van der Waals surface area contributed by atoms with Crippen LogP contribution in [0.25, 0.3) is 0 Å². The van der Waals surface area contributed by atoms with Crippen molar-refractivity contribution in [2.75, 3.05) is 13.7 Å². The predicted molar refractivity (Wildman–Crippen MR) is 125 cm³/mol. The Labute approximate surface area is 198 Å². The molecule has 3 rings (SSSR count). The molecule has 9 heteroatoms. The molecule has 1 N–H and O–H groups in total. The van der Waals surface area contributed by atoms with Crippen LogP contribution in [-0.4, -0.2) is 32.3 Å². The Bertz CT molecular complexity index is 1200. The average molecular weight is 491 g/mol. The van der Waals surface area contributed by atoms with E-state index >= 15 is 0 Å². The summed E-state index contributed by atoms with van der Waals surface area (Å²) >= 11 is 5.88. The minimum atomic E-state index is -4.11. The molecular formula is C24H24ClFN2O4S. The first-order valence-electron chi connectivity index (χ1n) is 10.1. The fourth-order valence-electron chi connectivity index (χ4n) is 3.22. The second-order valence-corrected chi connectivity index (χ2v) is 9.76. The van der Waals surface area contributed by atoms with Gasteiger partial charge in [-0.25, -0.2) is 12.8 Å². The van der Waals surface area contributed by atoms with Crippen LogP contribution in [0.4, 0.5) is 4.39 Å². The number of amides is 1. The van der Waals surface area contributed by atoms with Crippen molar-refractivity contribution in [3.05, 3.63) is 94.8 Å². The molecule has 0 saturated carbocycles. The zero-order chi connectivity index (χ0) is 24.0. The molecule has 0 fully saturated rings. The smallest absolute Gasteiger partial charge is 0.243 e. The summed E-state index contributed by atoms with van der Waals surface area (Å²) in [7, 11) is -2.55. The molecule has 6 nitrogen and oxygen atoms in total. The summed E-state index contributed by atoms with van der Waals surface area (Å²) in [6, 6.07) is 18.2. The lowest BCUT2D eigenvalue weighted by molar-refractivity contribution is -0.122. The Morgan fingerprint density at radius 2 is 1.70 bits per heavy atom. The van der Waals surface area contributed by atoms with Gasteiger partial charge in [0.2, 0.25) is 15.9 Å². The number of carbonyl (C=O) groups is 1. The third-order valence-corrected chi connectivity index (χ3v) is 7.13. The van der Waals surface area contributed by atoms with Crippen molar-refractivity contribution in [3.8, 4) is 5.75 Å². The highest BCUT2D eigenvalue weighted by atomic mass is 35.5. The van der Waals surface area contributed by atoms with Crippen molar-refractivity contribution >= 4 is 27.5 Å². The largest absolute Gasteiger partial charge is 0.497 e. The monoisotopic (exact) mass is 490 g/mol. The molecule has 0 unspecified atom stereocenters. The summed E-state index contributed by atoms with van der Waals surface area (Å²) in [5.41, 5.74) is 0.983. The Kier molecular flexibility index (Phi) is 8.07. The van der Waals surface area contributed by atoms with Crippen molar-refractivity contribution < 1.29 is 22.3 Å². The lowest BCUT2D eigenvalue weighted by Crippen LogP contribution is -2.41. The third-order valence-electron chi connectivity index (χ3n) is 5.07. The molecule has 0 bridgehead atoms. The van der Waals surface area contributed by atoms with Crippen molar-refractivity contribution in [2.24, 2.45) is 0 Å². The van der Waals surface area contributed by atoms with Crippen molar-refractivity contribution in [1.82, 2.24) is 9.62 Å². The number of ether oxygens (including phenoxy) is 1. The van der Waals surface area contributed by atoms with Crippen molar-refractivity contribution in [2.45, 2.75) is 24.4 Å². The minimum Gasteiger partial charge on any atom is -0.497 e. The Hall–Kier alpha value is -2.94. The molecule has 0 spiro atoms. The van der Waals surface area contributed by atoms with E-state index in [0.29, 0.717) is 10.8 Å². The van der Waals surface area contributed by atoms with E-state index in [0.717, 1.165) is 9.87 Å². The highest BCUT2D eigenvalue weighted by Gasteiger charge is 2.28. The number of rotatable bonds is 9. The van der Waals surface area contributed by atoms with Gasteiger partial charge in [0.25, 0.3) is 0 Å². The molecule has 1 atom stereocenters. The Morgan fingerprint density at radius 1 is 1.06 bits per heavy atom. The summed E-state index contributed by atoms with van der Waals surface area (Å²) < 4.78 is 46.9. The van der Waals surface area contributed by atoms with Gasteiger partial charge in [0, 0.05) is 17.1 Å². The number of halogens is 2. The lowest BCUT2D eigenvalue weighted by atomic mass is 10.1. The topological polar surface area (TPSA) is 75.7 Å². The van der Waals surface area contributed by atoms with Crippen LogP contribution < -0.4 is 10.1 Å². The molecule has 0 aliphatic carbocycles. The van der Waals surface area contributed by atoms with Gasteiger partial charge in [0.1, 0.15) is 11.6 Å². The van der Waals surface area contributed by atoms with Gasteiger partial charge in [-0.3, -0.25) is 4.79 Å². The average Bonchev–Trinajstić information content (AvgIpc) is 2.80. The molecule has 33 heavy (non-hydrogen) atoms. The summed E-state index contributed by atoms with van der Waals surface area (Å²) in [6.07, 6.45) is 0. The van der Waals surface area contributed by atoms with Gasteiger partial charge in [-0.2, -0.15) is 4.31 Å². The molecule has 0 radical (unpaired) electrons. The van der Waals surface area contributed by atoms with E-state index in [-0.39, 0.29) is 23.0 Å². The second-order valence-electron chi connectivity index (χ2n) is 7.38. The summed E-state index contributed by atoms with van der Waals surface area (Å²) in [5, 5.41) is 3.17. The van der Waals surface area contributed by atoms with E-state index < -0.39 is 28.3 Å². The maximum atomic E-state index is 14.3. The number of sulfonamides is 1. The van der Waals surface area contributed by atoms with Crippen molar-refractivity contribution in [1.29, 1.82) is 0 Å². The van der Waals surface area contributed by atoms with E-state index in [2.05, 4.69) is 5.32 Å². The van der Waals surface area contributed by atoms with Crippen LogP contribution in [-0.2, 0) is 21.4 Å². The van der Waals surface area contributed by atoms with E-state index in [9.17, 15) is 17.6 Å². The second kappa shape index (κ2) is 10.8. The van der Waals surface area contributed by atoms with Crippen LogP contribution >= 0.6 is 11.6 Å². The molecule has 0 aromatic heterocycles. The fraction of sp³-hybridized carbons (Fsp3) is 0.208. The minimum absolute atomic E-state index is 0.0424. The van der Waals surface area contributed by atoms with Crippen LogP contribution in [0.2, 0.25) is 5.02 Å². The van der Waals surface area contributed by atoms with Gasteiger partial charge in [-0.1, -0.05) is 41.9 Å². The van der Waals surface area contributed by atoms with E-state index in [1.807, 2.05) is 12.1 Å². The van der Waals surface area contributed by atoms with E-state index in [4.69, 9.17) is 16.3 Å². The summed E-state index contributed by atoms with van der Waals surface area (Å²) in [5.74, 6) is -0.393. The number of nitrogens with zero attached hydrogens (tertiary/aromatic N) is 1. The summed E-state index contributed by atoms with van der Waals surface area (Å²) in [4.78, 5) is 12.8. The molecule has 0 aliphatic rings. The molecule has 0 heterocycles. The number of benzene rings is 3. The third kappa shape index (κ3) is 6.31. The fourth-order valence-corrected chi connectivity index (χ4v) is 4.72. The van der Waals surface area contributed by atoms with Crippen LogP contribution in [0.1, 0.15) is 24.1 Å². The highest BCUT2D eigenvalue weighted by molar-refractivity contribution is 7.89. The molecule has 0 aliphatic heterocycles. The molecule has 174 valence electrons.